The summed E-state index contributed by atoms with van der Waals surface area (Å²) in [5.74, 6) is 0. The second kappa shape index (κ2) is 8.35. The zero-order chi connectivity index (χ0) is 14.3. The van der Waals surface area contributed by atoms with Gasteiger partial charge in [-0.2, -0.15) is 0 Å². The molecule has 1 aliphatic heterocycles. The molecule has 0 amide bonds. The Balaban J connectivity index is 1.89. The average Bonchev–Trinajstić information content (AvgIpc) is 3.29. The smallest absolute Gasteiger partial charge is 0.0472 e. The van der Waals surface area contributed by atoms with E-state index in [1.54, 1.807) is 0 Å². The quantitative estimate of drug-likeness (QED) is 0.623. The second-order valence-corrected chi connectivity index (χ2v) is 6.84. The first-order chi connectivity index (χ1) is 9.79. The molecule has 0 unspecified atom stereocenters. The van der Waals surface area contributed by atoms with Gasteiger partial charge in [-0.25, -0.2) is 0 Å². The van der Waals surface area contributed by atoms with Gasteiger partial charge in [0.05, 0.1) is 0 Å². The van der Waals surface area contributed by atoms with Gasteiger partial charge in [0, 0.05) is 32.3 Å². The predicted molar refractivity (Wildman–Crippen MR) is 85.1 cm³/mol. The van der Waals surface area contributed by atoms with Gasteiger partial charge >= 0.3 is 0 Å². The van der Waals surface area contributed by atoms with Gasteiger partial charge in [-0.1, -0.05) is 20.3 Å². The number of nitrogens with one attached hydrogen (secondary N) is 1. The molecule has 0 atom stereocenters. The van der Waals surface area contributed by atoms with Crippen molar-refractivity contribution in [3.05, 3.63) is 0 Å². The lowest BCUT2D eigenvalue weighted by Gasteiger charge is -2.41. The zero-order valence-corrected chi connectivity index (χ0v) is 13.6. The maximum Gasteiger partial charge on any atom is 0.0472 e. The molecule has 0 aromatic rings. The summed E-state index contributed by atoms with van der Waals surface area (Å²) in [4.78, 5) is 2.79. The fourth-order valence-electron chi connectivity index (χ4n) is 3.35. The first kappa shape index (κ1) is 16.3. The molecule has 1 aliphatic carbocycles. The Labute approximate surface area is 125 Å². The fraction of sp³-hybridized carbons (Fsp3) is 1.00. The molecule has 118 valence electrons. The van der Waals surface area contributed by atoms with Crippen molar-refractivity contribution in [3.63, 3.8) is 0 Å². The van der Waals surface area contributed by atoms with E-state index in [1.807, 2.05) is 0 Å². The average molecular weight is 282 g/mol. The molecular formula is C17H34N2O. The van der Waals surface area contributed by atoms with Crippen molar-refractivity contribution < 1.29 is 4.74 Å². The summed E-state index contributed by atoms with van der Waals surface area (Å²) in [5, 5.41) is 3.68. The summed E-state index contributed by atoms with van der Waals surface area (Å²) in [6, 6.07) is 0.896. The molecule has 3 heteroatoms. The monoisotopic (exact) mass is 282 g/mol. The van der Waals surface area contributed by atoms with Gasteiger partial charge in [-0.3, -0.25) is 4.90 Å². The minimum absolute atomic E-state index is 0.462. The minimum atomic E-state index is 0.462. The Kier molecular flexibility index (Phi) is 6.79. The second-order valence-electron chi connectivity index (χ2n) is 6.84. The Morgan fingerprint density at radius 2 is 1.90 bits per heavy atom. The van der Waals surface area contributed by atoms with E-state index in [0.29, 0.717) is 5.41 Å². The number of unbranched alkanes of at least 4 members (excludes halogenated alkanes) is 1. The van der Waals surface area contributed by atoms with Crippen LogP contribution in [0.3, 0.4) is 0 Å². The maximum atomic E-state index is 5.62. The van der Waals surface area contributed by atoms with Crippen LogP contribution in [0.1, 0.15) is 58.8 Å². The zero-order valence-electron chi connectivity index (χ0n) is 13.6. The number of hydrogen-bond donors (Lipinski definition) is 1. The van der Waals surface area contributed by atoms with E-state index in [2.05, 4.69) is 24.1 Å². The highest BCUT2D eigenvalue weighted by atomic mass is 16.5. The molecule has 3 nitrogen and oxygen atoms in total. The molecule has 0 aromatic carbocycles. The van der Waals surface area contributed by atoms with Crippen LogP contribution in [0, 0.1) is 5.41 Å². The lowest BCUT2D eigenvalue weighted by atomic mass is 9.79. The summed E-state index contributed by atoms with van der Waals surface area (Å²) in [6.07, 6.45) is 9.23. The van der Waals surface area contributed by atoms with E-state index < -0.39 is 0 Å². The molecule has 0 spiro atoms. The maximum absolute atomic E-state index is 5.62. The van der Waals surface area contributed by atoms with E-state index in [0.717, 1.165) is 25.8 Å². The van der Waals surface area contributed by atoms with E-state index in [4.69, 9.17) is 4.74 Å². The number of nitrogens with zero attached hydrogens (tertiary/aromatic N) is 1. The summed E-state index contributed by atoms with van der Waals surface area (Å²) in [5.41, 5.74) is 0.462. The first-order valence-electron chi connectivity index (χ1n) is 8.82. The molecule has 1 heterocycles. The topological polar surface area (TPSA) is 24.5 Å². The molecule has 2 aliphatic rings. The van der Waals surface area contributed by atoms with Crippen LogP contribution in [0.5, 0.6) is 0 Å². The van der Waals surface area contributed by atoms with Crippen LogP contribution in [-0.2, 0) is 4.74 Å². The van der Waals surface area contributed by atoms with Crippen LogP contribution in [-0.4, -0.2) is 50.3 Å². The highest BCUT2D eigenvalue weighted by Crippen LogP contribution is 2.35. The summed E-state index contributed by atoms with van der Waals surface area (Å²) in [6.45, 7) is 11.4. The van der Waals surface area contributed by atoms with Gasteiger partial charge in [0.2, 0.25) is 0 Å². The molecule has 0 aromatic heterocycles. The largest absolute Gasteiger partial charge is 0.381 e. The third-order valence-electron chi connectivity index (χ3n) is 4.88. The van der Waals surface area contributed by atoms with E-state index in [1.165, 1.54) is 64.6 Å². The van der Waals surface area contributed by atoms with Gasteiger partial charge in [0.15, 0.2) is 0 Å². The molecule has 1 saturated carbocycles. The van der Waals surface area contributed by atoms with Crippen molar-refractivity contribution in [2.45, 2.75) is 64.8 Å². The molecule has 1 N–H and O–H groups in total. The SMILES string of the molecule is CCCCN(CC1(CNCCC)CCOCC1)C1CC1. The fourth-order valence-corrected chi connectivity index (χ4v) is 3.35. The van der Waals surface area contributed by atoms with E-state index in [-0.39, 0.29) is 0 Å². The van der Waals surface area contributed by atoms with Crippen LogP contribution in [0.25, 0.3) is 0 Å². The Hall–Kier alpha value is -0.120. The molecule has 0 radical (unpaired) electrons. The van der Waals surface area contributed by atoms with E-state index in [9.17, 15) is 0 Å². The highest BCUT2D eigenvalue weighted by molar-refractivity contribution is 4.92. The minimum Gasteiger partial charge on any atom is -0.381 e. The van der Waals surface area contributed by atoms with Crippen molar-refractivity contribution >= 4 is 0 Å². The molecule has 1 saturated heterocycles. The lowest BCUT2D eigenvalue weighted by Crippen LogP contribution is -2.48. The number of ether oxygens (including phenoxy) is 1. The van der Waals surface area contributed by atoms with Crippen LogP contribution in [0.2, 0.25) is 0 Å². The van der Waals surface area contributed by atoms with Crippen molar-refractivity contribution in [1.29, 1.82) is 0 Å². The first-order valence-corrected chi connectivity index (χ1v) is 8.82. The van der Waals surface area contributed by atoms with Crippen LogP contribution >= 0.6 is 0 Å². The molecule has 2 fully saturated rings. The van der Waals surface area contributed by atoms with Crippen LogP contribution in [0.15, 0.2) is 0 Å². The number of hydrogen-bond acceptors (Lipinski definition) is 3. The van der Waals surface area contributed by atoms with E-state index >= 15 is 0 Å². The Bertz CT molecular complexity index is 260. The van der Waals surface area contributed by atoms with Gasteiger partial charge in [0.1, 0.15) is 0 Å². The molecule has 20 heavy (non-hydrogen) atoms. The van der Waals surface area contributed by atoms with Gasteiger partial charge in [0.25, 0.3) is 0 Å². The van der Waals surface area contributed by atoms with Crippen molar-refractivity contribution in [2.75, 3.05) is 39.4 Å². The molecule has 2 rings (SSSR count). The van der Waals surface area contributed by atoms with Crippen molar-refractivity contribution in [1.82, 2.24) is 10.2 Å². The number of rotatable bonds is 10. The summed E-state index contributed by atoms with van der Waals surface area (Å²) < 4.78 is 5.62. The Morgan fingerprint density at radius 1 is 1.15 bits per heavy atom. The third kappa shape index (κ3) is 5.01. The predicted octanol–water partition coefficient (Wildman–Crippen LogP) is 3.05. The summed E-state index contributed by atoms with van der Waals surface area (Å²) >= 11 is 0. The van der Waals surface area contributed by atoms with Gasteiger partial charge in [-0.05, 0) is 57.0 Å². The van der Waals surface area contributed by atoms with Gasteiger partial charge in [-0.15, -0.1) is 0 Å². The normalized spacial score (nSPS) is 22.4. The lowest BCUT2D eigenvalue weighted by molar-refractivity contribution is -0.00597. The highest BCUT2D eigenvalue weighted by Gasteiger charge is 2.38. The Morgan fingerprint density at radius 3 is 2.50 bits per heavy atom. The molecule has 0 bridgehead atoms. The van der Waals surface area contributed by atoms with Crippen LogP contribution < -0.4 is 5.32 Å². The summed E-state index contributed by atoms with van der Waals surface area (Å²) in [7, 11) is 0. The van der Waals surface area contributed by atoms with Crippen molar-refractivity contribution in [3.8, 4) is 0 Å². The van der Waals surface area contributed by atoms with Crippen molar-refractivity contribution in [2.24, 2.45) is 5.41 Å². The third-order valence-corrected chi connectivity index (χ3v) is 4.88. The molecular weight excluding hydrogens is 248 g/mol. The standard InChI is InChI=1S/C17H34N2O/c1-3-5-11-19(16-6-7-16)15-17(14-18-10-4-2)8-12-20-13-9-17/h16,18H,3-15H2,1-2H3. The van der Waals surface area contributed by atoms with Gasteiger partial charge < -0.3 is 10.1 Å². The van der Waals surface area contributed by atoms with Crippen LogP contribution in [0.4, 0.5) is 0 Å².